The lowest BCUT2D eigenvalue weighted by atomic mass is 10.0. The van der Waals surface area contributed by atoms with Crippen molar-refractivity contribution in [2.45, 2.75) is 9.79 Å². The summed E-state index contributed by atoms with van der Waals surface area (Å²) in [7, 11) is -3.71. The van der Waals surface area contributed by atoms with Gasteiger partial charge in [-0.05, 0) is 48.5 Å². The van der Waals surface area contributed by atoms with Crippen LogP contribution in [0.5, 0.6) is 0 Å². The number of nitrogens with zero attached hydrogens (tertiary/aromatic N) is 5. The van der Waals surface area contributed by atoms with E-state index in [9.17, 15) is 8.42 Å². The van der Waals surface area contributed by atoms with Crippen LogP contribution in [0.2, 0.25) is 0 Å². The maximum atomic E-state index is 13.7. The number of hydrogen-bond donors (Lipinski definition) is 0. The number of benzene rings is 8. The SMILES string of the molecule is O=S1(=O)c2ccccc2-c2ccc(-c3nc(-c4ccccc4)nc(-c4cccc(-n5c6ccccc6c6ccc7c8ccccc8n(-c8ccccc8)c7c65)c4)n3)cc21. The molecule has 3 aromatic heterocycles. The van der Waals surface area contributed by atoms with Gasteiger partial charge in [0.1, 0.15) is 0 Å². The third-order valence-corrected chi connectivity index (χ3v) is 13.4. The molecule has 0 amide bonds. The van der Waals surface area contributed by atoms with Crippen molar-refractivity contribution in [3.8, 4) is 56.7 Å². The summed E-state index contributed by atoms with van der Waals surface area (Å²) in [6.45, 7) is 0. The Morgan fingerprint density at radius 2 is 0.847 bits per heavy atom. The Balaban J connectivity index is 1.09. The fourth-order valence-corrected chi connectivity index (χ4v) is 10.6. The Kier molecular flexibility index (Phi) is 7.18. The summed E-state index contributed by atoms with van der Waals surface area (Å²) in [5.41, 5.74) is 10.1. The average molecular weight is 778 g/mol. The molecule has 0 fully saturated rings. The normalized spacial score (nSPS) is 13.0. The van der Waals surface area contributed by atoms with Gasteiger partial charge in [0.15, 0.2) is 17.5 Å². The van der Waals surface area contributed by atoms with Crippen molar-refractivity contribution in [2.75, 3.05) is 0 Å². The van der Waals surface area contributed by atoms with Gasteiger partial charge >= 0.3 is 0 Å². The Morgan fingerprint density at radius 3 is 1.53 bits per heavy atom. The van der Waals surface area contributed by atoms with Gasteiger partial charge in [0.05, 0.1) is 31.9 Å². The molecule has 0 N–H and O–H groups in total. The molecule has 0 radical (unpaired) electrons. The van der Waals surface area contributed by atoms with Crippen LogP contribution in [-0.4, -0.2) is 32.5 Å². The lowest BCUT2D eigenvalue weighted by Crippen LogP contribution is -2.02. The number of fused-ring (bicyclic) bond motifs is 10. The molecular formula is C51H31N5O2S. The molecule has 4 heterocycles. The molecule has 0 atom stereocenters. The molecule has 7 nitrogen and oxygen atoms in total. The lowest BCUT2D eigenvalue weighted by Gasteiger charge is -2.14. The zero-order valence-electron chi connectivity index (χ0n) is 31.4. The Bertz CT molecular complexity index is 3630. The first kappa shape index (κ1) is 33.5. The van der Waals surface area contributed by atoms with E-state index in [1.165, 1.54) is 10.8 Å². The Hall–Kier alpha value is -7.68. The third-order valence-electron chi connectivity index (χ3n) is 11.5. The van der Waals surface area contributed by atoms with Crippen LogP contribution >= 0.6 is 0 Å². The average Bonchev–Trinajstić information content (AvgIpc) is 3.90. The monoisotopic (exact) mass is 777 g/mol. The molecule has 0 spiro atoms. The fraction of sp³-hybridized carbons (Fsp3) is 0. The largest absolute Gasteiger partial charge is 0.307 e. The van der Waals surface area contributed by atoms with Crippen LogP contribution in [0, 0.1) is 0 Å². The van der Waals surface area contributed by atoms with E-state index >= 15 is 0 Å². The molecule has 59 heavy (non-hydrogen) atoms. The first-order valence-corrected chi connectivity index (χ1v) is 20.9. The van der Waals surface area contributed by atoms with Gasteiger partial charge in [-0.2, -0.15) is 0 Å². The van der Waals surface area contributed by atoms with Gasteiger partial charge in [0.2, 0.25) is 9.84 Å². The molecule has 1 aliphatic heterocycles. The summed E-state index contributed by atoms with van der Waals surface area (Å²) in [6.07, 6.45) is 0. The molecule has 0 saturated heterocycles. The smallest absolute Gasteiger partial charge is 0.207 e. The second-order valence-electron chi connectivity index (χ2n) is 14.8. The van der Waals surface area contributed by atoms with E-state index < -0.39 is 9.84 Å². The molecule has 278 valence electrons. The van der Waals surface area contributed by atoms with Gasteiger partial charge in [-0.3, -0.25) is 0 Å². The van der Waals surface area contributed by atoms with Crippen LogP contribution in [0.15, 0.2) is 198 Å². The van der Waals surface area contributed by atoms with Crippen LogP contribution in [-0.2, 0) is 9.84 Å². The van der Waals surface area contributed by atoms with Crippen molar-refractivity contribution in [3.63, 3.8) is 0 Å². The first-order chi connectivity index (χ1) is 29.0. The number of sulfone groups is 1. The highest BCUT2D eigenvalue weighted by Crippen LogP contribution is 2.45. The van der Waals surface area contributed by atoms with Gasteiger partial charge in [-0.15, -0.1) is 0 Å². The summed E-state index contributed by atoms with van der Waals surface area (Å²) in [6, 6.07) is 62.9. The van der Waals surface area contributed by atoms with E-state index in [-0.39, 0.29) is 4.90 Å². The molecule has 11 aromatic rings. The molecule has 8 aromatic carbocycles. The van der Waals surface area contributed by atoms with Crippen molar-refractivity contribution < 1.29 is 8.42 Å². The van der Waals surface area contributed by atoms with Gasteiger partial charge in [-0.25, -0.2) is 23.4 Å². The van der Waals surface area contributed by atoms with Crippen molar-refractivity contribution in [3.05, 3.63) is 188 Å². The Labute approximate surface area is 339 Å². The van der Waals surface area contributed by atoms with E-state index in [2.05, 4.69) is 112 Å². The van der Waals surface area contributed by atoms with Crippen molar-refractivity contribution in [1.29, 1.82) is 0 Å². The molecule has 0 saturated carbocycles. The quantitative estimate of drug-likeness (QED) is 0.174. The highest BCUT2D eigenvalue weighted by Gasteiger charge is 2.33. The minimum absolute atomic E-state index is 0.256. The standard InChI is InChI=1S/C51H31N5O2S/c57-59(58)45-25-12-9-22-39(45)40-27-26-34(31-46(40)59)51-53-49(32-14-3-1-4-15-32)52-50(54-51)33-16-13-19-36(30-33)56-44-24-11-8-21-38(44)42-29-28-41-37-20-7-10-23-43(37)55(47(41)48(42)56)35-17-5-2-6-18-35/h1-31H. The maximum Gasteiger partial charge on any atom is 0.207 e. The summed E-state index contributed by atoms with van der Waals surface area (Å²) in [5, 5.41) is 4.67. The summed E-state index contributed by atoms with van der Waals surface area (Å²) < 4.78 is 32.2. The molecule has 12 rings (SSSR count). The van der Waals surface area contributed by atoms with Crippen molar-refractivity contribution >= 4 is 53.4 Å². The zero-order valence-corrected chi connectivity index (χ0v) is 32.2. The van der Waals surface area contributed by atoms with Crippen LogP contribution in [0.1, 0.15) is 0 Å². The minimum atomic E-state index is -3.71. The molecule has 0 bridgehead atoms. The highest BCUT2D eigenvalue weighted by atomic mass is 32.2. The number of para-hydroxylation sites is 3. The summed E-state index contributed by atoms with van der Waals surface area (Å²) >= 11 is 0. The van der Waals surface area contributed by atoms with E-state index in [0.29, 0.717) is 39.1 Å². The topological polar surface area (TPSA) is 82.7 Å². The van der Waals surface area contributed by atoms with Crippen LogP contribution in [0.4, 0.5) is 0 Å². The van der Waals surface area contributed by atoms with E-state index in [0.717, 1.165) is 55.3 Å². The summed E-state index contributed by atoms with van der Waals surface area (Å²) in [5.74, 6) is 1.36. The van der Waals surface area contributed by atoms with E-state index in [1.54, 1.807) is 18.2 Å². The van der Waals surface area contributed by atoms with Crippen LogP contribution in [0.25, 0.3) is 100 Å². The number of aromatic nitrogens is 5. The minimum Gasteiger partial charge on any atom is -0.307 e. The van der Waals surface area contributed by atoms with Gasteiger partial charge < -0.3 is 9.13 Å². The second-order valence-corrected chi connectivity index (χ2v) is 16.7. The van der Waals surface area contributed by atoms with Gasteiger partial charge in [-0.1, -0.05) is 140 Å². The van der Waals surface area contributed by atoms with Crippen molar-refractivity contribution in [2.24, 2.45) is 0 Å². The van der Waals surface area contributed by atoms with E-state index in [1.807, 2.05) is 66.7 Å². The third kappa shape index (κ3) is 5.00. The molecule has 1 aliphatic rings. The number of hydrogen-bond acceptors (Lipinski definition) is 5. The van der Waals surface area contributed by atoms with Crippen molar-refractivity contribution in [1.82, 2.24) is 24.1 Å². The molecule has 8 heteroatoms. The van der Waals surface area contributed by atoms with Crippen LogP contribution < -0.4 is 0 Å². The lowest BCUT2D eigenvalue weighted by molar-refractivity contribution is 0.598. The second kappa shape index (κ2) is 12.7. The van der Waals surface area contributed by atoms with Gasteiger partial charge in [0.25, 0.3) is 0 Å². The van der Waals surface area contributed by atoms with E-state index in [4.69, 9.17) is 15.0 Å². The first-order valence-electron chi connectivity index (χ1n) is 19.4. The molecule has 0 aliphatic carbocycles. The molecular weight excluding hydrogens is 747 g/mol. The zero-order chi connectivity index (χ0) is 39.2. The van der Waals surface area contributed by atoms with Gasteiger partial charge in [0, 0.05) is 60.7 Å². The predicted molar refractivity (Wildman–Crippen MR) is 236 cm³/mol. The summed E-state index contributed by atoms with van der Waals surface area (Å²) in [4.78, 5) is 15.6. The highest BCUT2D eigenvalue weighted by molar-refractivity contribution is 7.92. The fourth-order valence-electron chi connectivity index (χ4n) is 8.90. The maximum absolute atomic E-state index is 13.7. The predicted octanol–water partition coefficient (Wildman–Crippen LogP) is 11.9. The van der Waals surface area contributed by atoms with Crippen LogP contribution in [0.3, 0.4) is 0 Å². The molecule has 0 unspecified atom stereocenters. The Morgan fingerprint density at radius 1 is 0.356 bits per heavy atom. The number of rotatable bonds is 5.